The summed E-state index contributed by atoms with van der Waals surface area (Å²) in [7, 11) is 0. The maximum absolute atomic E-state index is 10.9. The number of nitrogens with zero attached hydrogens (tertiary/aromatic N) is 2. The summed E-state index contributed by atoms with van der Waals surface area (Å²) in [5.74, 6) is -0.905. The van der Waals surface area contributed by atoms with E-state index in [1.165, 1.54) is 0 Å². The number of benzene rings is 1. The van der Waals surface area contributed by atoms with Gasteiger partial charge in [-0.15, -0.1) is 0 Å². The molecule has 0 fully saturated rings. The number of imidazole rings is 1. The van der Waals surface area contributed by atoms with E-state index in [1.807, 2.05) is 19.4 Å². The Kier molecular flexibility index (Phi) is 4.08. The molecule has 0 aliphatic carbocycles. The van der Waals surface area contributed by atoms with Crippen molar-refractivity contribution in [2.75, 3.05) is 5.32 Å². The number of carboxylic acids is 1. The van der Waals surface area contributed by atoms with Crippen LogP contribution < -0.4 is 5.32 Å². The lowest BCUT2D eigenvalue weighted by atomic mass is 10.1. The highest BCUT2D eigenvalue weighted by Gasteiger charge is 2.08. The Bertz CT molecular complexity index is 617. The van der Waals surface area contributed by atoms with Gasteiger partial charge in [-0.3, -0.25) is 0 Å². The highest BCUT2D eigenvalue weighted by molar-refractivity contribution is 5.88. The molecule has 0 aliphatic heterocycles. The second kappa shape index (κ2) is 5.77. The number of carboxylic acid groups (broad SMARTS) is 1. The van der Waals surface area contributed by atoms with E-state index in [0.717, 1.165) is 16.9 Å². The molecule has 0 radical (unpaired) electrons. The van der Waals surface area contributed by atoms with Crippen molar-refractivity contribution < 1.29 is 9.90 Å². The van der Waals surface area contributed by atoms with Gasteiger partial charge in [-0.2, -0.15) is 0 Å². The number of aromatic nitrogens is 2. The van der Waals surface area contributed by atoms with Gasteiger partial charge in [-0.05, 0) is 44.5 Å². The van der Waals surface area contributed by atoms with Crippen LogP contribution in [-0.2, 0) is 6.54 Å². The minimum Gasteiger partial charge on any atom is -0.478 e. The van der Waals surface area contributed by atoms with Crippen LogP contribution in [0.1, 0.15) is 41.5 Å². The first kappa shape index (κ1) is 14.1. The Labute approximate surface area is 118 Å². The van der Waals surface area contributed by atoms with Gasteiger partial charge in [0.25, 0.3) is 0 Å². The van der Waals surface area contributed by atoms with Gasteiger partial charge in [0.05, 0.1) is 24.1 Å². The van der Waals surface area contributed by atoms with Gasteiger partial charge in [0, 0.05) is 17.9 Å². The second-order valence-corrected chi connectivity index (χ2v) is 5.07. The maximum atomic E-state index is 10.9. The van der Waals surface area contributed by atoms with Crippen LogP contribution >= 0.6 is 0 Å². The number of aryl methyl sites for hydroxylation is 1. The summed E-state index contributed by atoms with van der Waals surface area (Å²) in [4.78, 5) is 15.1. The lowest BCUT2D eigenvalue weighted by molar-refractivity contribution is 0.0697. The Hall–Kier alpha value is -2.30. The van der Waals surface area contributed by atoms with Gasteiger partial charge in [-0.25, -0.2) is 9.78 Å². The van der Waals surface area contributed by atoms with E-state index in [-0.39, 0.29) is 0 Å². The maximum Gasteiger partial charge on any atom is 0.335 e. The van der Waals surface area contributed by atoms with Crippen LogP contribution in [0.25, 0.3) is 0 Å². The van der Waals surface area contributed by atoms with E-state index < -0.39 is 5.97 Å². The molecule has 0 spiro atoms. The van der Waals surface area contributed by atoms with Crippen LogP contribution in [0.2, 0.25) is 0 Å². The molecule has 1 aromatic carbocycles. The molecule has 0 bridgehead atoms. The van der Waals surface area contributed by atoms with Crippen molar-refractivity contribution in [2.45, 2.75) is 33.4 Å². The SMILES string of the molecule is Cc1cc(C(=O)O)ccc1NCc1cncn1C(C)C. The summed E-state index contributed by atoms with van der Waals surface area (Å²) in [5.41, 5.74) is 3.26. The number of anilines is 1. The molecule has 5 nitrogen and oxygen atoms in total. The van der Waals surface area contributed by atoms with E-state index in [1.54, 1.807) is 18.2 Å². The van der Waals surface area contributed by atoms with Crippen molar-refractivity contribution in [3.63, 3.8) is 0 Å². The summed E-state index contributed by atoms with van der Waals surface area (Å²) in [6.07, 6.45) is 3.66. The van der Waals surface area contributed by atoms with Crippen LogP contribution in [0.3, 0.4) is 0 Å². The van der Waals surface area contributed by atoms with Crippen molar-refractivity contribution in [1.82, 2.24) is 9.55 Å². The molecule has 0 aliphatic rings. The second-order valence-electron chi connectivity index (χ2n) is 5.07. The fourth-order valence-corrected chi connectivity index (χ4v) is 2.11. The summed E-state index contributed by atoms with van der Waals surface area (Å²) < 4.78 is 2.11. The first-order valence-electron chi connectivity index (χ1n) is 6.57. The lowest BCUT2D eigenvalue weighted by Gasteiger charge is -2.14. The van der Waals surface area contributed by atoms with Crippen molar-refractivity contribution in [2.24, 2.45) is 0 Å². The number of nitrogens with one attached hydrogen (secondary N) is 1. The summed E-state index contributed by atoms with van der Waals surface area (Å²) in [5, 5.41) is 12.3. The normalized spacial score (nSPS) is 10.8. The Morgan fingerprint density at radius 3 is 2.80 bits per heavy atom. The largest absolute Gasteiger partial charge is 0.478 e. The molecule has 1 heterocycles. The van der Waals surface area contributed by atoms with Crippen LogP contribution in [0.5, 0.6) is 0 Å². The smallest absolute Gasteiger partial charge is 0.335 e. The zero-order valence-corrected chi connectivity index (χ0v) is 11.9. The molecule has 0 atom stereocenters. The predicted octanol–water partition coefficient (Wildman–Crippen LogP) is 3.08. The standard InChI is InChI=1S/C15H19N3O2/c1-10(2)18-9-16-7-13(18)8-17-14-5-4-12(15(19)20)6-11(14)3/h4-7,9-10,17H,8H2,1-3H3,(H,19,20). The molecule has 1 aromatic heterocycles. The van der Waals surface area contributed by atoms with Gasteiger partial charge >= 0.3 is 5.97 Å². The van der Waals surface area contributed by atoms with E-state index in [9.17, 15) is 4.79 Å². The minimum absolute atomic E-state index is 0.306. The highest BCUT2D eigenvalue weighted by Crippen LogP contribution is 2.18. The quantitative estimate of drug-likeness (QED) is 0.878. The molecule has 0 amide bonds. The average molecular weight is 273 g/mol. The molecule has 2 aromatic rings. The van der Waals surface area contributed by atoms with Gasteiger partial charge in [-0.1, -0.05) is 0 Å². The predicted molar refractivity (Wildman–Crippen MR) is 78.1 cm³/mol. The fourth-order valence-electron chi connectivity index (χ4n) is 2.11. The monoisotopic (exact) mass is 273 g/mol. The molecule has 0 unspecified atom stereocenters. The summed E-state index contributed by atoms with van der Waals surface area (Å²) in [6, 6.07) is 5.45. The fraction of sp³-hybridized carbons (Fsp3) is 0.333. The van der Waals surface area contributed by atoms with Gasteiger partial charge in [0.1, 0.15) is 0 Å². The van der Waals surface area contributed by atoms with Gasteiger partial charge < -0.3 is 15.0 Å². The molecule has 2 N–H and O–H groups in total. The number of rotatable bonds is 5. The highest BCUT2D eigenvalue weighted by atomic mass is 16.4. The number of aromatic carboxylic acids is 1. The van der Waals surface area contributed by atoms with Crippen LogP contribution in [0.4, 0.5) is 5.69 Å². The molecule has 106 valence electrons. The van der Waals surface area contributed by atoms with E-state index in [4.69, 9.17) is 5.11 Å². The van der Waals surface area contributed by atoms with Crippen molar-refractivity contribution in [3.05, 3.63) is 47.5 Å². The third kappa shape index (κ3) is 2.99. The number of hydrogen-bond donors (Lipinski definition) is 2. The van der Waals surface area contributed by atoms with Crippen molar-refractivity contribution in [3.8, 4) is 0 Å². The Balaban J connectivity index is 2.11. The molecule has 0 saturated carbocycles. The Morgan fingerprint density at radius 1 is 1.45 bits per heavy atom. The van der Waals surface area contributed by atoms with Crippen molar-refractivity contribution in [1.29, 1.82) is 0 Å². The number of carbonyl (C=O) groups is 1. The lowest BCUT2D eigenvalue weighted by Crippen LogP contribution is -2.09. The molecular formula is C15H19N3O2. The topological polar surface area (TPSA) is 67.2 Å². The Morgan fingerprint density at radius 2 is 2.20 bits per heavy atom. The molecule has 5 heteroatoms. The minimum atomic E-state index is -0.905. The van der Waals surface area contributed by atoms with E-state index >= 15 is 0 Å². The van der Waals surface area contributed by atoms with E-state index in [0.29, 0.717) is 18.2 Å². The zero-order chi connectivity index (χ0) is 14.7. The van der Waals surface area contributed by atoms with Crippen molar-refractivity contribution >= 4 is 11.7 Å². The van der Waals surface area contributed by atoms with Crippen LogP contribution in [0, 0.1) is 6.92 Å². The van der Waals surface area contributed by atoms with Gasteiger partial charge in [0.15, 0.2) is 0 Å². The third-order valence-corrected chi connectivity index (χ3v) is 3.24. The van der Waals surface area contributed by atoms with Crippen LogP contribution in [0.15, 0.2) is 30.7 Å². The third-order valence-electron chi connectivity index (χ3n) is 3.24. The van der Waals surface area contributed by atoms with Gasteiger partial charge in [0.2, 0.25) is 0 Å². The summed E-state index contributed by atoms with van der Waals surface area (Å²) >= 11 is 0. The van der Waals surface area contributed by atoms with Crippen LogP contribution in [-0.4, -0.2) is 20.6 Å². The summed E-state index contributed by atoms with van der Waals surface area (Å²) in [6.45, 7) is 6.77. The van der Waals surface area contributed by atoms with E-state index in [2.05, 4.69) is 28.7 Å². The molecule has 2 rings (SSSR count). The molecule has 20 heavy (non-hydrogen) atoms. The first-order valence-corrected chi connectivity index (χ1v) is 6.57. The molecule has 0 saturated heterocycles. The number of hydrogen-bond acceptors (Lipinski definition) is 3. The molecular weight excluding hydrogens is 254 g/mol. The average Bonchev–Trinajstić information content (AvgIpc) is 2.85. The zero-order valence-electron chi connectivity index (χ0n) is 11.9. The first-order chi connectivity index (χ1) is 9.49.